The van der Waals surface area contributed by atoms with Crippen LogP contribution >= 0.6 is 0 Å². The zero-order valence-corrected chi connectivity index (χ0v) is 18.5. The molecule has 0 fully saturated rings. The Morgan fingerprint density at radius 3 is 2.15 bits per heavy atom. The summed E-state index contributed by atoms with van der Waals surface area (Å²) in [6.07, 6.45) is 3.19. The van der Waals surface area contributed by atoms with Crippen LogP contribution in [0, 0.1) is 0 Å². The van der Waals surface area contributed by atoms with Gasteiger partial charge in [0.2, 0.25) is 0 Å². The predicted molar refractivity (Wildman–Crippen MR) is 125 cm³/mol. The molecule has 0 saturated carbocycles. The van der Waals surface area contributed by atoms with E-state index < -0.39 is 16.0 Å². The Hall–Kier alpha value is -4.17. The van der Waals surface area contributed by atoms with Crippen LogP contribution in [0.1, 0.15) is 10.4 Å². The van der Waals surface area contributed by atoms with Crippen LogP contribution < -0.4 is 9.46 Å². The number of anilines is 1. The van der Waals surface area contributed by atoms with Gasteiger partial charge in [0.1, 0.15) is 11.5 Å². The van der Waals surface area contributed by atoms with Gasteiger partial charge in [-0.2, -0.15) is 0 Å². The summed E-state index contributed by atoms with van der Waals surface area (Å²) >= 11 is 0. The number of ether oxygens (including phenoxy) is 2. The third-order valence-electron chi connectivity index (χ3n) is 4.80. The summed E-state index contributed by atoms with van der Waals surface area (Å²) in [7, 11) is -2.72. The van der Waals surface area contributed by atoms with Gasteiger partial charge in [-0.3, -0.25) is 9.71 Å². The lowest BCUT2D eigenvalue weighted by Gasteiger charge is -2.14. The van der Waals surface area contributed by atoms with E-state index in [-0.39, 0.29) is 16.1 Å². The van der Waals surface area contributed by atoms with Gasteiger partial charge < -0.3 is 9.47 Å². The van der Waals surface area contributed by atoms with Crippen LogP contribution in [0.4, 0.5) is 5.69 Å². The molecule has 0 radical (unpaired) electrons. The Labute approximate surface area is 191 Å². The highest BCUT2D eigenvalue weighted by Crippen LogP contribution is 2.28. The standard InChI is InChI=1S/C25H20N2O5S/c1-31-25(28)23-17-19(18-5-3-2-4-6-18)7-12-24(23)27-33(29,30)22-10-8-20(9-11-22)32-21-13-15-26-16-14-21/h2-17,27H,1H3. The third-order valence-corrected chi connectivity index (χ3v) is 6.18. The Morgan fingerprint density at radius 2 is 1.48 bits per heavy atom. The Balaban J connectivity index is 1.60. The minimum atomic E-state index is -3.97. The van der Waals surface area contributed by atoms with E-state index in [1.165, 1.54) is 19.2 Å². The molecule has 7 nitrogen and oxygen atoms in total. The molecule has 1 aromatic heterocycles. The van der Waals surface area contributed by atoms with Crippen molar-refractivity contribution >= 4 is 21.7 Å². The van der Waals surface area contributed by atoms with Crippen LogP contribution in [0.2, 0.25) is 0 Å². The van der Waals surface area contributed by atoms with Gasteiger partial charge in [-0.05, 0) is 59.7 Å². The first-order valence-corrected chi connectivity index (χ1v) is 11.4. The van der Waals surface area contributed by atoms with E-state index in [1.807, 2.05) is 30.3 Å². The third kappa shape index (κ3) is 5.19. The second-order valence-electron chi connectivity index (χ2n) is 6.98. The first-order chi connectivity index (χ1) is 16.0. The summed E-state index contributed by atoms with van der Waals surface area (Å²) in [5.74, 6) is 0.411. The van der Waals surface area contributed by atoms with Crippen molar-refractivity contribution < 1.29 is 22.7 Å². The zero-order valence-electron chi connectivity index (χ0n) is 17.6. The van der Waals surface area contributed by atoms with Gasteiger partial charge in [0.15, 0.2) is 0 Å². The summed E-state index contributed by atoms with van der Waals surface area (Å²) in [5, 5.41) is 0. The molecule has 1 N–H and O–H groups in total. The lowest BCUT2D eigenvalue weighted by molar-refractivity contribution is 0.0602. The van der Waals surface area contributed by atoms with Gasteiger partial charge in [-0.1, -0.05) is 36.4 Å². The van der Waals surface area contributed by atoms with E-state index >= 15 is 0 Å². The molecular weight excluding hydrogens is 440 g/mol. The molecule has 0 aliphatic rings. The van der Waals surface area contributed by atoms with Crippen LogP contribution in [-0.2, 0) is 14.8 Å². The second kappa shape index (κ2) is 9.54. The number of nitrogens with one attached hydrogen (secondary N) is 1. The minimum Gasteiger partial charge on any atom is -0.465 e. The van der Waals surface area contributed by atoms with Gasteiger partial charge in [0.05, 0.1) is 23.3 Å². The van der Waals surface area contributed by atoms with Crippen molar-refractivity contribution in [1.29, 1.82) is 0 Å². The lowest BCUT2D eigenvalue weighted by atomic mass is 10.0. The molecule has 8 heteroatoms. The average molecular weight is 461 g/mol. The Morgan fingerprint density at radius 1 is 0.818 bits per heavy atom. The molecular formula is C25H20N2O5S. The number of sulfonamides is 1. The molecule has 0 aliphatic carbocycles. The van der Waals surface area contributed by atoms with Gasteiger partial charge >= 0.3 is 5.97 Å². The minimum absolute atomic E-state index is 0.0209. The van der Waals surface area contributed by atoms with E-state index in [0.717, 1.165) is 11.1 Å². The molecule has 0 unspecified atom stereocenters. The summed E-state index contributed by atoms with van der Waals surface area (Å²) in [6.45, 7) is 0. The van der Waals surface area contributed by atoms with Crippen molar-refractivity contribution in [2.45, 2.75) is 4.90 Å². The topological polar surface area (TPSA) is 94.6 Å². The van der Waals surface area contributed by atoms with E-state index in [2.05, 4.69) is 9.71 Å². The molecule has 0 spiro atoms. The van der Waals surface area contributed by atoms with Crippen molar-refractivity contribution in [3.05, 3.63) is 103 Å². The van der Waals surface area contributed by atoms with Crippen molar-refractivity contribution in [3.8, 4) is 22.6 Å². The number of esters is 1. The highest BCUT2D eigenvalue weighted by atomic mass is 32.2. The fraction of sp³-hybridized carbons (Fsp3) is 0.0400. The highest BCUT2D eigenvalue weighted by Gasteiger charge is 2.20. The molecule has 4 aromatic rings. The summed E-state index contributed by atoms with van der Waals surface area (Å²) in [6, 6.07) is 23.7. The van der Waals surface area contributed by atoms with E-state index in [0.29, 0.717) is 11.5 Å². The molecule has 0 aliphatic heterocycles. The average Bonchev–Trinajstić information content (AvgIpc) is 2.85. The second-order valence-corrected chi connectivity index (χ2v) is 8.66. The number of nitrogens with zero attached hydrogens (tertiary/aromatic N) is 1. The van der Waals surface area contributed by atoms with Gasteiger partial charge in [0, 0.05) is 12.4 Å². The maximum atomic E-state index is 13.0. The molecule has 33 heavy (non-hydrogen) atoms. The number of carbonyl (C=O) groups excluding carboxylic acids is 1. The van der Waals surface area contributed by atoms with E-state index in [4.69, 9.17) is 9.47 Å². The molecule has 0 atom stereocenters. The fourth-order valence-electron chi connectivity index (χ4n) is 3.16. The highest BCUT2D eigenvalue weighted by molar-refractivity contribution is 7.92. The predicted octanol–water partition coefficient (Wildman–Crippen LogP) is 5.13. The monoisotopic (exact) mass is 460 g/mol. The summed E-state index contributed by atoms with van der Waals surface area (Å²) in [4.78, 5) is 16.3. The Bertz CT molecular complexity index is 1360. The number of hydrogen-bond donors (Lipinski definition) is 1. The zero-order chi connectivity index (χ0) is 23.3. The largest absolute Gasteiger partial charge is 0.465 e. The van der Waals surface area contributed by atoms with E-state index in [9.17, 15) is 13.2 Å². The number of methoxy groups -OCH3 is 1. The number of aromatic nitrogens is 1. The first kappa shape index (κ1) is 22.0. The van der Waals surface area contributed by atoms with Gasteiger partial charge in [0.25, 0.3) is 10.0 Å². The number of carbonyl (C=O) groups is 1. The number of rotatable bonds is 7. The van der Waals surface area contributed by atoms with Crippen LogP contribution in [-0.4, -0.2) is 26.5 Å². The normalized spacial score (nSPS) is 10.9. The van der Waals surface area contributed by atoms with Crippen LogP contribution in [0.15, 0.2) is 102 Å². The lowest BCUT2D eigenvalue weighted by Crippen LogP contribution is -2.16. The number of pyridine rings is 1. The first-order valence-electron chi connectivity index (χ1n) is 9.95. The molecule has 4 rings (SSSR count). The Kier molecular flexibility index (Phi) is 6.37. The summed E-state index contributed by atoms with van der Waals surface area (Å²) < 4.78 is 39.0. The fourth-order valence-corrected chi connectivity index (χ4v) is 4.23. The molecule has 0 bridgehead atoms. The quantitative estimate of drug-likeness (QED) is 0.384. The maximum absolute atomic E-state index is 13.0. The molecule has 166 valence electrons. The van der Waals surface area contributed by atoms with Crippen molar-refractivity contribution in [2.24, 2.45) is 0 Å². The number of benzene rings is 3. The molecule has 3 aromatic carbocycles. The number of hydrogen-bond acceptors (Lipinski definition) is 6. The summed E-state index contributed by atoms with van der Waals surface area (Å²) in [5.41, 5.74) is 1.89. The van der Waals surface area contributed by atoms with Crippen LogP contribution in [0.25, 0.3) is 11.1 Å². The molecule has 1 heterocycles. The maximum Gasteiger partial charge on any atom is 0.340 e. The smallest absolute Gasteiger partial charge is 0.340 e. The SMILES string of the molecule is COC(=O)c1cc(-c2ccccc2)ccc1NS(=O)(=O)c1ccc(Oc2ccncc2)cc1. The molecule has 0 amide bonds. The van der Waals surface area contributed by atoms with Crippen LogP contribution in [0.3, 0.4) is 0 Å². The molecule has 0 saturated heterocycles. The van der Waals surface area contributed by atoms with Gasteiger partial charge in [-0.15, -0.1) is 0 Å². The van der Waals surface area contributed by atoms with Crippen molar-refractivity contribution in [3.63, 3.8) is 0 Å². The van der Waals surface area contributed by atoms with E-state index in [1.54, 1.807) is 54.9 Å². The van der Waals surface area contributed by atoms with Gasteiger partial charge in [-0.25, -0.2) is 13.2 Å². The van der Waals surface area contributed by atoms with Crippen LogP contribution in [0.5, 0.6) is 11.5 Å². The van der Waals surface area contributed by atoms with Crippen molar-refractivity contribution in [1.82, 2.24) is 4.98 Å². The van der Waals surface area contributed by atoms with Crippen molar-refractivity contribution in [2.75, 3.05) is 11.8 Å².